The lowest BCUT2D eigenvalue weighted by Gasteiger charge is -2.21. The van der Waals surface area contributed by atoms with E-state index in [1.165, 1.54) is 0 Å². The standard InChI is InChI=1S/C14H25N3O7/c1-7(2)5-8(15)12(21)17-10(6-18)13(22)16-9(14(23)24)3-4-11(19)20/h7-10,18H,3-6,15H2,1-2H3,(H,16,22)(H,17,21)(H,19,20)(H,23,24)/t8-,9-,10-/m0/s1. The Bertz CT molecular complexity index is 467. The van der Waals surface area contributed by atoms with Gasteiger partial charge >= 0.3 is 11.9 Å². The topological polar surface area (TPSA) is 179 Å². The molecule has 0 saturated heterocycles. The number of aliphatic hydroxyl groups excluding tert-OH is 1. The van der Waals surface area contributed by atoms with E-state index >= 15 is 0 Å². The maximum Gasteiger partial charge on any atom is 0.326 e. The molecule has 0 aliphatic carbocycles. The second-order valence-corrected chi connectivity index (χ2v) is 5.81. The van der Waals surface area contributed by atoms with Gasteiger partial charge in [0.15, 0.2) is 0 Å². The minimum Gasteiger partial charge on any atom is -0.481 e. The minimum atomic E-state index is -1.44. The number of hydrogen-bond acceptors (Lipinski definition) is 6. The molecule has 0 aromatic rings. The molecule has 0 fully saturated rings. The smallest absolute Gasteiger partial charge is 0.326 e. The summed E-state index contributed by atoms with van der Waals surface area (Å²) in [7, 11) is 0. The molecule has 10 heteroatoms. The van der Waals surface area contributed by atoms with E-state index in [-0.39, 0.29) is 12.3 Å². The molecule has 24 heavy (non-hydrogen) atoms. The summed E-state index contributed by atoms with van der Waals surface area (Å²) in [6.45, 7) is 2.98. The van der Waals surface area contributed by atoms with Crippen LogP contribution in [-0.2, 0) is 19.2 Å². The van der Waals surface area contributed by atoms with E-state index in [0.29, 0.717) is 6.42 Å². The fourth-order valence-corrected chi connectivity index (χ4v) is 1.89. The molecular formula is C14H25N3O7. The molecule has 0 aromatic carbocycles. The summed E-state index contributed by atoms with van der Waals surface area (Å²) in [6.07, 6.45) is -0.399. The fourth-order valence-electron chi connectivity index (χ4n) is 1.89. The molecule has 0 saturated carbocycles. The highest BCUT2D eigenvalue weighted by Gasteiger charge is 2.27. The number of carbonyl (C=O) groups excluding carboxylic acids is 2. The van der Waals surface area contributed by atoms with E-state index < -0.39 is 54.9 Å². The number of carbonyl (C=O) groups is 4. The van der Waals surface area contributed by atoms with Crippen LogP contribution in [0.2, 0.25) is 0 Å². The van der Waals surface area contributed by atoms with Gasteiger partial charge in [-0.25, -0.2) is 4.79 Å². The maximum atomic E-state index is 12.0. The lowest BCUT2D eigenvalue weighted by Crippen LogP contribution is -2.56. The molecular weight excluding hydrogens is 322 g/mol. The van der Waals surface area contributed by atoms with Gasteiger partial charge in [-0.2, -0.15) is 0 Å². The molecule has 0 rings (SSSR count). The second-order valence-electron chi connectivity index (χ2n) is 5.81. The molecule has 7 N–H and O–H groups in total. The first-order chi connectivity index (χ1) is 11.1. The van der Waals surface area contributed by atoms with Crippen LogP contribution in [0.1, 0.15) is 33.1 Å². The van der Waals surface area contributed by atoms with Crippen LogP contribution in [0.5, 0.6) is 0 Å². The highest BCUT2D eigenvalue weighted by molar-refractivity contribution is 5.91. The van der Waals surface area contributed by atoms with Gasteiger partial charge in [0.05, 0.1) is 12.6 Å². The van der Waals surface area contributed by atoms with Gasteiger partial charge in [0.25, 0.3) is 0 Å². The van der Waals surface area contributed by atoms with Crippen molar-refractivity contribution in [3.05, 3.63) is 0 Å². The van der Waals surface area contributed by atoms with Crippen molar-refractivity contribution < 1.29 is 34.5 Å². The molecule has 3 atom stereocenters. The van der Waals surface area contributed by atoms with Crippen molar-refractivity contribution in [2.45, 2.75) is 51.2 Å². The zero-order valence-corrected chi connectivity index (χ0v) is 13.7. The van der Waals surface area contributed by atoms with Gasteiger partial charge in [-0.3, -0.25) is 14.4 Å². The molecule has 0 spiro atoms. The maximum absolute atomic E-state index is 12.0. The lowest BCUT2D eigenvalue weighted by atomic mass is 10.0. The van der Waals surface area contributed by atoms with Gasteiger partial charge in [-0.15, -0.1) is 0 Å². The van der Waals surface area contributed by atoms with E-state index in [0.717, 1.165) is 0 Å². The highest BCUT2D eigenvalue weighted by Crippen LogP contribution is 2.03. The van der Waals surface area contributed by atoms with Crippen LogP contribution in [-0.4, -0.2) is 63.8 Å². The van der Waals surface area contributed by atoms with Crippen LogP contribution in [0, 0.1) is 5.92 Å². The Morgan fingerprint density at radius 2 is 1.54 bits per heavy atom. The van der Waals surface area contributed by atoms with Gasteiger partial charge in [-0.05, 0) is 18.8 Å². The monoisotopic (exact) mass is 347 g/mol. The van der Waals surface area contributed by atoms with Gasteiger partial charge in [0, 0.05) is 6.42 Å². The summed E-state index contributed by atoms with van der Waals surface area (Å²) in [5.74, 6) is -4.04. The summed E-state index contributed by atoms with van der Waals surface area (Å²) < 4.78 is 0. The summed E-state index contributed by atoms with van der Waals surface area (Å²) >= 11 is 0. The van der Waals surface area contributed by atoms with Gasteiger partial charge in [-0.1, -0.05) is 13.8 Å². The third-order valence-electron chi connectivity index (χ3n) is 3.14. The lowest BCUT2D eigenvalue weighted by molar-refractivity contribution is -0.143. The van der Waals surface area contributed by atoms with Crippen LogP contribution >= 0.6 is 0 Å². The Morgan fingerprint density at radius 1 is 1.00 bits per heavy atom. The van der Waals surface area contributed by atoms with Crippen molar-refractivity contribution in [3.63, 3.8) is 0 Å². The minimum absolute atomic E-state index is 0.152. The number of nitrogens with one attached hydrogen (secondary N) is 2. The number of hydrogen-bond donors (Lipinski definition) is 6. The van der Waals surface area contributed by atoms with Crippen molar-refractivity contribution in [2.75, 3.05) is 6.61 Å². The zero-order chi connectivity index (χ0) is 18.9. The van der Waals surface area contributed by atoms with E-state index in [4.69, 9.17) is 15.9 Å². The molecule has 0 heterocycles. The molecule has 0 radical (unpaired) electrons. The first-order valence-electron chi connectivity index (χ1n) is 7.50. The summed E-state index contributed by atoms with van der Waals surface area (Å²) in [5.41, 5.74) is 5.67. The van der Waals surface area contributed by atoms with Crippen molar-refractivity contribution >= 4 is 23.8 Å². The Kier molecular flexibility index (Phi) is 9.58. The normalized spacial score (nSPS) is 14.5. The molecule has 10 nitrogen and oxygen atoms in total. The predicted octanol–water partition coefficient (Wildman–Crippen LogP) is -1.73. The average molecular weight is 347 g/mol. The Balaban J connectivity index is 4.73. The van der Waals surface area contributed by atoms with Crippen LogP contribution < -0.4 is 16.4 Å². The summed E-state index contributed by atoms with van der Waals surface area (Å²) in [5, 5.41) is 31.1. The van der Waals surface area contributed by atoms with Crippen LogP contribution in [0.15, 0.2) is 0 Å². The number of aliphatic carboxylic acids is 2. The quantitative estimate of drug-likeness (QED) is 0.255. The van der Waals surface area contributed by atoms with Crippen LogP contribution in [0.25, 0.3) is 0 Å². The molecule has 0 bridgehead atoms. The van der Waals surface area contributed by atoms with Gasteiger partial charge in [0.2, 0.25) is 11.8 Å². The van der Waals surface area contributed by atoms with E-state index in [9.17, 15) is 24.3 Å². The average Bonchev–Trinajstić information content (AvgIpc) is 2.47. The predicted molar refractivity (Wildman–Crippen MR) is 82.9 cm³/mol. The summed E-state index contributed by atoms with van der Waals surface area (Å²) in [6, 6.07) is -3.68. The van der Waals surface area contributed by atoms with Crippen LogP contribution in [0.3, 0.4) is 0 Å². The van der Waals surface area contributed by atoms with E-state index in [1.807, 2.05) is 13.8 Å². The number of rotatable bonds is 11. The SMILES string of the molecule is CC(C)C[C@H](N)C(=O)N[C@@H](CO)C(=O)N[C@@H](CCC(=O)O)C(=O)O. The largest absolute Gasteiger partial charge is 0.481 e. The van der Waals surface area contributed by atoms with Crippen LogP contribution in [0.4, 0.5) is 0 Å². The number of amides is 2. The van der Waals surface area contributed by atoms with Crippen molar-refractivity contribution in [1.82, 2.24) is 10.6 Å². The Labute approximate surface area is 139 Å². The molecule has 0 aromatic heterocycles. The first-order valence-corrected chi connectivity index (χ1v) is 7.50. The Hall–Kier alpha value is -2.20. The van der Waals surface area contributed by atoms with E-state index in [1.54, 1.807) is 0 Å². The number of carboxylic acids is 2. The van der Waals surface area contributed by atoms with Gasteiger partial charge in [0.1, 0.15) is 12.1 Å². The number of nitrogens with two attached hydrogens (primary N) is 1. The highest BCUT2D eigenvalue weighted by atomic mass is 16.4. The number of carboxylic acid groups (broad SMARTS) is 2. The van der Waals surface area contributed by atoms with Crippen molar-refractivity contribution in [1.29, 1.82) is 0 Å². The third kappa shape index (κ3) is 8.44. The summed E-state index contributed by atoms with van der Waals surface area (Å²) in [4.78, 5) is 45.4. The zero-order valence-electron chi connectivity index (χ0n) is 13.7. The first kappa shape index (κ1) is 21.8. The number of aliphatic hydroxyl groups is 1. The molecule has 0 aliphatic heterocycles. The van der Waals surface area contributed by atoms with Crippen molar-refractivity contribution in [3.8, 4) is 0 Å². The fraction of sp³-hybridized carbons (Fsp3) is 0.714. The molecule has 0 unspecified atom stereocenters. The van der Waals surface area contributed by atoms with E-state index in [2.05, 4.69) is 10.6 Å². The van der Waals surface area contributed by atoms with Gasteiger partial charge < -0.3 is 31.7 Å². The molecule has 0 aliphatic rings. The molecule has 138 valence electrons. The third-order valence-corrected chi connectivity index (χ3v) is 3.14. The second kappa shape index (κ2) is 10.6. The van der Waals surface area contributed by atoms with Crippen molar-refractivity contribution in [2.24, 2.45) is 11.7 Å². The molecule has 2 amide bonds. The Morgan fingerprint density at radius 3 is 1.96 bits per heavy atom.